The number of hydrogen-bond donors (Lipinski definition) is 19. The van der Waals surface area contributed by atoms with E-state index in [1.165, 1.54) is 21.1 Å². The quantitative estimate of drug-likeness (QED) is 0.0214. The van der Waals surface area contributed by atoms with Crippen molar-refractivity contribution in [2.24, 2.45) is 29.1 Å². The lowest BCUT2D eigenvalue weighted by molar-refractivity contribution is -0.148. The van der Waals surface area contributed by atoms with Crippen LogP contribution >= 0.6 is 0 Å². The second-order valence-electron chi connectivity index (χ2n) is 33.0. The standard InChI is InChI=1S/C82H140N16O27/c1-17-49(6)70(97(14)78(116)68(47(2)3)95-77(115)69(48(4)5)96(12)13)59(121-15)38-67(109)98-34-21-25-56(98)73(122-16)50(7)74(112)94-54(37-52-23-19-18-20-24-52)75(113)85-30-22-35-124-80(119)51(8)83-31-26-53(79(117)118)92-62(104)28-33-86-81(120)125-45-55(76(114)91-39-57(100)71(110)72(111)58(101)44-99)93-66(108)43-90-65(107)42-89-64(106)41-88-63(105)40-87-60(102)27-32-84-61(103)29-36-123-46-82(9,10)11/h18-20,23-24,47-51,53-59,68-73,83,99-101,110-111H,17,21-22,25-46H2,1-16H3,(H,84,103)(H,85,113)(H,86,120)(H,87,102)(H,88,105)(H,89,106)(H,90,107)(H,91,114)(H,92,104)(H,93,108)(H,94,112)(H,95,115)(H,117,118)/t49-,50+,51?,53?,54-,55?,56-,57-,58+,59+,68-,69-,70-,71+,72+,73+/m0/s1. The number of carbonyl (C=O) groups excluding carboxylic acids is 15. The molecule has 0 aromatic heterocycles. The van der Waals surface area contributed by atoms with E-state index in [9.17, 15) is 102 Å². The Labute approximate surface area is 731 Å². The maximum absolute atomic E-state index is 14.6. The number of nitrogens with zero attached hydrogens (tertiary/aromatic N) is 3. The lowest BCUT2D eigenvalue weighted by atomic mass is 9.89. The van der Waals surface area contributed by atoms with Gasteiger partial charge in [-0.15, -0.1) is 0 Å². The highest BCUT2D eigenvalue weighted by Gasteiger charge is 2.44. The SMILES string of the molecule is CC[C@H](C)[C@@H]([C@@H](CC(=O)N1CCC[C@H]1[C@H](OC)[C@@H](C)C(=O)N[C@@H](Cc1ccccc1)C(=O)NCCCOC(=O)C(C)NCCC(NC(=O)CCNC(=O)OCC(NC(=O)CNC(=O)CNC(=O)CNC(=O)CNC(=O)CCNC(=O)CCOCC(C)(C)C)C(=O)NC[C@H](O)[C@@H](O)[C@H](O)[C@H](O)CO)C(=O)O)OC)N(C)C(=O)[C@@H](NC(=O)[C@H](C(C)C)N(C)C)C(C)C. The summed E-state index contributed by atoms with van der Waals surface area (Å²) in [6, 6.07) is 1.08. The Morgan fingerprint density at radius 1 is 0.584 bits per heavy atom. The summed E-state index contributed by atoms with van der Waals surface area (Å²) in [6.07, 6.45) is -9.95. The number of esters is 1. The molecule has 710 valence electrons. The van der Waals surface area contributed by atoms with Crippen molar-refractivity contribution in [1.29, 1.82) is 0 Å². The molecule has 125 heavy (non-hydrogen) atoms. The van der Waals surface area contributed by atoms with Crippen LogP contribution in [0, 0.1) is 29.1 Å². The topological polar surface area (TPSA) is 607 Å². The predicted molar refractivity (Wildman–Crippen MR) is 452 cm³/mol. The number of carboxylic acid groups (broad SMARTS) is 1. The third-order valence-electron chi connectivity index (χ3n) is 20.5. The van der Waals surface area contributed by atoms with Crippen molar-refractivity contribution < 1.29 is 131 Å². The molecule has 0 radical (unpaired) electrons. The molecule has 43 heteroatoms. The molecule has 1 aromatic rings. The molecule has 43 nitrogen and oxygen atoms in total. The molecule has 14 amide bonds. The minimum atomic E-state index is -2.13. The lowest BCUT2D eigenvalue weighted by Crippen LogP contribution is -2.59. The number of carboxylic acids is 1. The average Bonchev–Trinajstić information content (AvgIpc) is 1.79. The van der Waals surface area contributed by atoms with E-state index in [1.807, 2.05) is 81.3 Å². The van der Waals surface area contributed by atoms with Gasteiger partial charge in [-0.3, -0.25) is 72.0 Å². The molecule has 1 saturated heterocycles. The number of amides is 14. The maximum Gasteiger partial charge on any atom is 0.407 e. The minimum absolute atomic E-state index is 0.00628. The van der Waals surface area contributed by atoms with Gasteiger partial charge in [0.05, 0.1) is 101 Å². The fraction of sp³-hybridized carbons (Fsp3) is 0.732. The second kappa shape index (κ2) is 58.4. The molecule has 1 aromatic carbocycles. The van der Waals surface area contributed by atoms with Crippen molar-refractivity contribution in [3.63, 3.8) is 0 Å². The second-order valence-corrected chi connectivity index (χ2v) is 33.0. The van der Waals surface area contributed by atoms with E-state index in [1.54, 1.807) is 54.1 Å². The zero-order chi connectivity index (χ0) is 94.4. The van der Waals surface area contributed by atoms with Crippen molar-refractivity contribution in [2.75, 3.05) is 134 Å². The molecular formula is C82H140N16O27. The van der Waals surface area contributed by atoms with Gasteiger partial charge in [0.15, 0.2) is 0 Å². The van der Waals surface area contributed by atoms with Crippen LogP contribution in [0.15, 0.2) is 30.3 Å². The van der Waals surface area contributed by atoms with Gasteiger partial charge in [0.1, 0.15) is 55.1 Å². The first-order valence-corrected chi connectivity index (χ1v) is 42.2. The van der Waals surface area contributed by atoms with Crippen LogP contribution in [0.5, 0.6) is 0 Å². The molecule has 16 atom stereocenters. The summed E-state index contributed by atoms with van der Waals surface area (Å²) in [4.78, 5) is 215. The molecule has 0 spiro atoms. The Balaban J connectivity index is 1.97. The van der Waals surface area contributed by atoms with E-state index in [0.717, 1.165) is 5.56 Å². The van der Waals surface area contributed by atoms with Crippen molar-refractivity contribution in [3.05, 3.63) is 35.9 Å². The first-order chi connectivity index (χ1) is 58.8. The number of alkyl carbamates (subject to hydrolysis) is 1. The summed E-state index contributed by atoms with van der Waals surface area (Å²) in [5.41, 5.74) is 0.664. The molecule has 2 rings (SSSR count). The predicted octanol–water partition coefficient (Wildman–Crippen LogP) is -5.07. The first-order valence-electron chi connectivity index (χ1n) is 42.2. The highest BCUT2D eigenvalue weighted by Crippen LogP contribution is 2.30. The Bertz CT molecular complexity index is 3590. The highest BCUT2D eigenvalue weighted by molar-refractivity contribution is 5.94. The van der Waals surface area contributed by atoms with Gasteiger partial charge in [-0.2, -0.15) is 0 Å². The van der Waals surface area contributed by atoms with Crippen molar-refractivity contribution in [2.45, 2.75) is 225 Å². The first kappa shape index (κ1) is 111. The number of methoxy groups -OCH3 is 2. The Morgan fingerprint density at radius 3 is 1.71 bits per heavy atom. The van der Waals surface area contributed by atoms with Gasteiger partial charge in [-0.25, -0.2) is 9.59 Å². The fourth-order valence-corrected chi connectivity index (χ4v) is 13.4. The molecule has 0 aliphatic carbocycles. The lowest BCUT2D eigenvalue weighted by Gasteiger charge is -2.41. The summed E-state index contributed by atoms with van der Waals surface area (Å²) in [7, 11) is 8.25. The number of aliphatic hydroxyl groups excluding tert-OH is 5. The van der Waals surface area contributed by atoms with Crippen molar-refractivity contribution in [1.82, 2.24) is 83.8 Å². The summed E-state index contributed by atoms with van der Waals surface area (Å²) < 4.78 is 28.0. The third kappa shape index (κ3) is 42.3. The van der Waals surface area contributed by atoms with E-state index in [-0.39, 0.29) is 118 Å². The number of hydrogen-bond acceptors (Lipinski definition) is 28. The molecular weight excluding hydrogens is 1640 g/mol. The Hall–Kier alpha value is -9.86. The normalized spacial score (nSPS) is 16.3. The molecule has 0 bridgehead atoms. The minimum Gasteiger partial charge on any atom is -0.480 e. The van der Waals surface area contributed by atoms with Gasteiger partial charge < -0.3 is 133 Å². The number of benzene rings is 1. The van der Waals surface area contributed by atoms with Crippen LogP contribution in [0.25, 0.3) is 0 Å². The molecule has 1 aliphatic heterocycles. The summed E-state index contributed by atoms with van der Waals surface area (Å²) >= 11 is 0. The number of rotatable bonds is 60. The van der Waals surface area contributed by atoms with Crippen LogP contribution in [0.1, 0.15) is 140 Å². The molecule has 1 aliphatic rings. The number of carbonyl (C=O) groups is 16. The van der Waals surface area contributed by atoms with E-state index in [4.69, 9.17) is 28.8 Å². The smallest absolute Gasteiger partial charge is 0.407 e. The fourth-order valence-electron chi connectivity index (χ4n) is 13.4. The van der Waals surface area contributed by atoms with E-state index >= 15 is 0 Å². The van der Waals surface area contributed by atoms with Gasteiger partial charge >= 0.3 is 18.0 Å². The molecule has 19 N–H and O–H groups in total. The van der Waals surface area contributed by atoms with Gasteiger partial charge in [0, 0.05) is 79.7 Å². The van der Waals surface area contributed by atoms with Crippen LogP contribution < -0.4 is 69.1 Å². The number of nitrogens with one attached hydrogen (secondary N) is 13. The highest BCUT2D eigenvalue weighted by atomic mass is 16.6. The van der Waals surface area contributed by atoms with Gasteiger partial charge in [-0.05, 0) is 82.0 Å². The number of aliphatic carboxylic acids is 1. The summed E-state index contributed by atoms with van der Waals surface area (Å²) in [6.45, 7) is 15.2. The van der Waals surface area contributed by atoms with E-state index in [2.05, 4.69) is 69.1 Å². The Morgan fingerprint density at radius 2 is 1.15 bits per heavy atom. The zero-order valence-electron chi connectivity index (χ0n) is 75.1. The van der Waals surface area contributed by atoms with Gasteiger partial charge in [-0.1, -0.05) is 106 Å². The maximum atomic E-state index is 14.6. The number of aliphatic hydroxyl groups is 5. The van der Waals surface area contributed by atoms with Crippen LogP contribution in [-0.2, 0) is 102 Å². The largest absolute Gasteiger partial charge is 0.480 e. The molecule has 0 saturated carbocycles. The van der Waals surface area contributed by atoms with Crippen LogP contribution in [0.3, 0.4) is 0 Å². The molecule has 3 unspecified atom stereocenters. The Kier molecular flexibility index (Phi) is 52.0. The molecule has 1 fully saturated rings. The van der Waals surface area contributed by atoms with E-state index in [0.29, 0.717) is 32.4 Å². The van der Waals surface area contributed by atoms with Gasteiger partial charge in [0.25, 0.3) is 0 Å². The number of likely N-dealkylation sites (N-methyl/N-ethyl adjacent to an activating group) is 2. The zero-order valence-corrected chi connectivity index (χ0v) is 75.1. The van der Waals surface area contributed by atoms with Crippen LogP contribution in [-0.4, -0.2) is 359 Å². The summed E-state index contributed by atoms with van der Waals surface area (Å²) in [5.74, 6) is -12.1. The molecule has 1 heterocycles. The third-order valence-corrected chi connectivity index (χ3v) is 20.5. The monoisotopic (exact) mass is 1780 g/mol. The van der Waals surface area contributed by atoms with Gasteiger partial charge in [0.2, 0.25) is 76.8 Å². The number of likely N-dealkylation sites (tertiary alicyclic amines) is 1. The van der Waals surface area contributed by atoms with Crippen molar-refractivity contribution in [3.8, 4) is 0 Å². The average molecular weight is 1780 g/mol. The number of ether oxygens (including phenoxy) is 5. The van der Waals surface area contributed by atoms with Crippen LogP contribution in [0.4, 0.5) is 4.79 Å². The van der Waals surface area contributed by atoms with Crippen LogP contribution in [0.2, 0.25) is 0 Å². The van der Waals surface area contributed by atoms with E-state index < -0.39 is 221 Å². The summed E-state index contributed by atoms with van der Waals surface area (Å²) in [5, 5.41) is 91.1. The van der Waals surface area contributed by atoms with Crippen molar-refractivity contribution >= 4 is 94.8 Å².